The van der Waals surface area contributed by atoms with Gasteiger partial charge in [0, 0.05) is 5.97 Å². The molecule has 0 saturated carbocycles. The van der Waals surface area contributed by atoms with E-state index in [1.54, 1.807) is 0 Å². The Morgan fingerprint density at radius 3 is 2.55 bits per heavy atom. The minimum Gasteiger partial charge on any atom is -0.550 e. The monoisotopic (exact) mass is 168 g/mol. The SMILES string of the molecule is O=CC(O)CCCC(=O)[O-].[Na+]. The molecule has 0 aromatic carbocycles. The number of aliphatic hydroxyl groups excluding tert-OH is 1. The van der Waals surface area contributed by atoms with Crippen molar-refractivity contribution in [2.24, 2.45) is 0 Å². The first kappa shape index (κ1) is 13.7. The maximum absolute atomic E-state index is 9.79. The second kappa shape index (κ2) is 8.20. The molecular weight excluding hydrogens is 159 g/mol. The van der Waals surface area contributed by atoms with Crippen molar-refractivity contribution in [3.63, 3.8) is 0 Å². The Morgan fingerprint density at radius 1 is 1.64 bits per heavy atom. The number of aliphatic carboxylic acids is 1. The molecule has 0 saturated heterocycles. The van der Waals surface area contributed by atoms with Crippen LogP contribution in [0.4, 0.5) is 0 Å². The number of carbonyl (C=O) groups excluding carboxylic acids is 2. The van der Waals surface area contributed by atoms with Crippen molar-refractivity contribution in [3.05, 3.63) is 0 Å². The predicted molar refractivity (Wildman–Crippen MR) is 30.9 cm³/mol. The van der Waals surface area contributed by atoms with Gasteiger partial charge in [-0.25, -0.2) is 0 Å². The van der Waals surface area contributed by atoms with Gasteiger partial charge in [-0.15, -0.1) is 0 Å². The molecular formula is C6H9NaO4. The van der Waals surface area contributed by atoms with Crippen LogP contribution in [-0.2, 0) is 9.59 Å². The zero-order chi connectivity index (χ0) is 7.98. The molecule has 1 unspecified atom stereocenters. The van der Waals surface area contributed by atoms with E-state index in [4.69, 9.17) is 5.11 Å². The van der Waals surface area contributed by atoms with Crippen LogP contribution in [0.2, 0.25) is 0 Å². The van der Waals surface area contributed by atoms with Crippen LogP contribution >= 0.6 is 0 Å². The van der Waals surface area contributed by atoms with Crippen molar-refractivity contribution in [1.82, 2.24) is 0 Å². The Balaban J connectivity index is 0. The topological polar surface area (TPSA) is 77.4 Å². The summed E-state index contributed by atoms with van der Waals surface area (Å²) in [7, 11) is 0. The van der Waals surface area contributed by atoms with E-state index in [1.165, 1.54) is 0 Å². The third-order valence-electron chi connectivity index (χ3n) is 1.04. The van der Waals surface area contributed by atoms with Crippen LogP contribution in [0.1, 0.15) is 19.3 Å². The number of aliphatic hydroxyl groups is 1. The van der Waals surface area contributed by atoms with Gasteiger partial charge in [0.25, 0.3) is 0 Å². The summed E-state index contributed by atoms with van der Waals surface area (Å²) in [6.07, 6.45) is -0.278. The molecule has 0 aromatic rings. The third kappa shape index (κ3) is 10.1. The minimum atomic E-state index is -1.15. The molecule has 0 aliphatic rings. The summed E-state index contributed by atoms with van der Waals surface area (Å²) in [4.78, 5) is 19.6. The van der Waals surface area contributed by atoms with E-state index in [9.17, 15) is 14.7 Å². The van der Waals surface area contributed by atoms with Crippen LogP contribution in [0.15, 0.2) is 0 Å². The van der Waals surface area contributed by atoms with Crippen LogP contribution in [0, 0.1) is 0 Å². The molecule has 11 heavy (non-hydrogen) atoms. The van der Waals surface area contributed by atoms with Gasteiger partial charge in [-0.1, -0.05) is 0 Å². The molecule has 0 bridgehead atoms. The first-order valence-corrected chi connectivity index (χ1v) is 3.00. The molecule has 0 spiro atoms. The van der Waals surface area contributed by atoms with E-state index in [0.29, 0.717) is 6.29 Å². The quantitative estimate of drug-likeness (QED) is 0.331. The van der Waals surface area contributed by atoms with Crippen molar-refractivity contribution in [1.29, 1.82) is 0 Å². The molecule has 0 heterocycles. The van der Waals surface area contributed by atoms with Crippen LogP contribution in [-0.4, -0.2) is 23.5 Å². The minimum absolute atomic E-state index is 0. The fourth-order valence-corrected chi connectivity index (χ4v) is 0.524. The first-order valence-electron chi connectivity index (χ1n) is 3.00. The van der Waals surface area contributed by atoms with E-state index in [0.717, 1.165) is 0 Å². The summed E-state index contributed by atoms with van der Waals surface area (Å²) in [5.41, 5.74) is 0. The van der Waals surface area contributed by atoms with E-state index in [-0.39, 0.29) is 48.8 Å². The van der Waals surface area contributed by atoms with E-state index in [1.807, 2.05) is 0 Å². The molecule has 0 aromatic heterocycles. The van der Waals surface area contributed by atoms with E-state index < -0.39 is 12.1 Å². The number of aldehydes is 1. The average Bonchev–Trinajstić information content (AvgIpc) is 1.87. The van der Waals surface area contributed by atoms with Crippen molar-refractivity contribution >= 4 is 12.3 Å². The van der Waals surface area contributed by atoms with Crippen molar-refractivity contribution in [2.45, 2.75) is 25.4 Å². The molecule has 0 fully saturated rings. The predicted octanol–water partition coefficient (Wildman–Crippen LogP) is -4.53. The van der Waals surface area contributed by atoms with Crippen LogP contribution < -0.4 is 34.7 Å². The maximum atomic E-state index is 9.79. The summed E-state index contributed by atoms with van der Waals surface area (Å²) in [5, 5.41) is 18.4. The summed E-state index contributed by atoms with van der Waals surface area (Å²) < 4.78 is 0. The van der Waals surface area contributed by atoms with E-state index >= 15 is 0 Å². The Morgan fingerprint density at radius 2 is 2.18 bits per heavy atom. The van der Waals surface area contributed by atoms with Gasteiger partial charge in [-0.05, 0) is 19.3 Å². The summed E-state index contributed by atoms with van der Waals surface area (Å²) in [5.74, 6) is -1.15. The van der Waals surface area contributed by atoms with Gasteiger partial charge in [0.05, 0.1) is 0 Å². The molecule has 0 aliphatic heterocycles. The smallest absolute Gasteiger partial charge is 0.550 e. The van der Waals surface area contributed by atoms with Crippen molar-refractivity contribution in [2.75, 3.05) is 0 Å². The van der Waals surface area contributed by atoms with Crippen molar-refractivity contribution < 1.29 is 49.4 Å². The van der Waals surface area contributed by atoms with Gasteiger partial charge in [0.15, 0.2) is 0 Å². The zero-order valence-electron chi connectivity index (χ0n) is 6.45. The fourth-order valence-electron chi connectivity index (χ4n) is 0.524. The van der Waals surface area contributed by atoms with Crippen LogP contribution in [0.5, 0.6) is 0 Å². The molecule has 58 valence electrons. The van der Waals surface area contributed by atoms with Gasteiger partial charge in [-0.2, -0.15) is 0 Å². The second-order valence-electron chi connectivity index (χ2n) is 1.97. The standard InChI is InChI=1S/C6H10O4.Na/c7-4-5(8)2-1-3-6(9)10;/h4-5,8H,1-3H2,(H,9,10);/q;+1/p-1. The molecule has 0 rings (SSSR count). The van der Waals surface area contributed by atoms with Gasteiger partial charge in [0.2, 0.25) is 0 Å². The second-order valence-corrected chi connectivity index (χ2v) is 1.97. The third-order valence-corrected chi connectivity index (χ3v) is 1.04. The number of rotatable bonds is 5. The normalized spacial score (nSPS) is 11.4. The van der Waals surface area contributed by atoms with Gasteiger partial charge >= 0.3 is 29.6 Å². The largest absolute Gasteiger partial charge is 1.00 e. The summed E-state index contributed by atoms with van der Waals surface area (Å²) in [6.45, 7) is 0. The Hall–Kier alpha value is 0.100. The maximum Gasteiger partial charge on any atom is 1.00 e. The Labute approximate surface area is 86.9 Å². The number of carboxylic acid groups (broad SMARTS) is 1. The fraction of sp³-hybridized carbons (Fsp3) is 0.667. The molecule has 4 nitrogen and oxygen atoms in total. The zero-order valence-corrected chi connectivity index (χ0v) is 8.45. The number of carbonyl (C=O) groups is 2. The average molecular weight is 168 g/mol. The number of hydrogen-bond acceptors (Lipinski definition) is 4. The van der Waals surface area contributed by atoms with Gasteiger partial charge < -0.3 is 19.8 Å². The van der Waals surface area contributed by atoms with Crippen LogP contribution in [0.25, 0.3) is 0 Å². The molecule has 5 heteroatoms. The Kier molecular flexibility index (Phi) is 10.2. The summed E-state index contributed by atoms with van der Waals surface area (Å²) >= 11 is 0. The number of hydrogen-bond donors (Lipinski definition) is 1. The van der Waals surface area contributed by atoms with Gasteiger partial charge in [0.1, 0.15) is 12.4 Å². The van der Waals surface area contributed by atoms with E-state index in [2.05, 4.69) is 0 Å². The first-order chi connectivity index (χ1) is 4.66. The molecule has 1 N–H and O–H groups in total. The molecule has 0 aliphatic carbocycles. The molecule has 1 atom stereocenters. The Bertz CT molecular complexity index is 126. The van der Waals surface area contributed by atoms with Crippen molar-refractivity contribution in [3.8, 4) is 0 Å². The van der Waals surface area contributed by atoms with Crippen LogP contribution in [0.3, 0.4) is 0 Å². The molecule has 0 amide bonds. The number of carboxylic acids is 1. The van der Waals surface area contributed by atoms with Gasteiger partial charge in [-0.3, -0.25) is 0 Å². The molecule has 0 radical (unpaired) electrons. The summed E-state index contributed by atoms with van der Waals surface area (Å²) in [6, 6.07) is 0.